The predicted molar refractivity (Wildman–Crippen MR) is 79.2 cm³/mol. The summed E-state index contributed by atoms with van der Waals surface area (Å²) in [5, 5.41) is 4.35. The average molecular weight is 267 g/mol. The molecule has 0 aromatic carbocycles. The highest BCUT2D eigenvalue weighted by Crippen LogP contribution is 2.26. The Bertz CT molecular complexity index is 345. The fourth-order valence-corrected chi connectivity index (χ4v) is 3.67. The molecular formula is C14H25N3S. The minimum absolute atomic E-state index is 0.799. The predicted octanol–water partition coefficient (Wildman–Crippen LogP) is 3.73. The minimum Gasteiger partial charge on any atom is -0.362 e. The number of thiazole rings is 1. The third kappa shape index (κ3) is 3.69. The summed E-state index contributed by atoms with van der Waals surface area (Å²) in [4.78, 5) is 8.43. The van der Waals surface area contributed by atoms with Gasteiger partial charge in [-0.3, -0.25) is 4.90 Å². The van der Waals surface area contributed by atoms with E-state index in [0.717, 1.165) is 30.8 Å². The Kier molecular flexibility index (Phi) is 5.45. The normalized spacial score (nSPS) is 17.3. The van der Waals surface area contributed by atoms with E-state index in [9.17, 15) is 0 Å². The van der Waals surface area contributed by atoms with Crippen LogP contribution in [0.4, 0.5) is 5.13 Å². The lowest BCUT2D eigenvalue weighted by atomic mass is 9.94. The second kappa shape index (κ2) is 7.10. The number of nitrogens with zero attached hydrogens (tertiary/aromatic N) is 2. The Morgan fingerprint density at radius 2 is 2.11 bits per heavy atom. The Morgan fingerprint density at radius 1 is 1.33 bits per heavy atom. The van der Waals surface area contributed by atoms with E-state index in [4.69, 9.17) is 0 Å². The molecular weight excluding hydrogens is 242 g/mol. The highest BCUT2D eigenvalue weighted by Gasteiger charge is 2.20. The molecule has 0 bridgehead atoms. The zero-order chi connectivity index (χ0) is 12.8. The van der Waals surface area contributed by atoms with Gasteiger partial charge in [0.1, 0.15) is 0 Å². The molecule has 1 saturated carbocycles. The molecule has 0 aliphatic heterocycles. The van der Waals surface area contributed by atoms with E-state index in [2.05, 4.69) is 29.0 Å². The second-order valence-corrected chi connectivity index (χ2v) is 6.13. The Balaban J connectivity index is 1.91. The monoisotopic (exact) mass is 267 g/mol. The van der Waals surface area contributed by atoms with Gasteiger partial charge in [-0.25, -0.2) is 4.98 Å². The van der Waals surface area contributed by atoms with Crippen molar-refractivity contribution in [2.45, 2.75) is 58.5 Å². The molecule has 1 aliphatic carbocycles. The first-order chi connectivity index (χ1) is 8.83. The summed E-state index contributed by atoms with van der Waals surface area (Å²) in [6.45, 7) is 7.57. The van der Waals surface area contributed by atoms with Crippen LogP contribution >= 0.6 is 11.3 Å². The zero-order valence-electron chi connectivity index (χ0n) is 11.6. The Hall–Kier alpha value is -0.610. The summed E-state index contributed by atoms with van der Waals surface area (Å²) in [5.74, 6) is 0. The highest BCUT2D eigenvalue weighted by atomic mass is 32.1. The van der Waals surface area contributed by atoms with Gasteiger partial charge >= 0.3 is 0 Å². The molecule has 1 aliphatic rings. The minimum atomic E-state index is 0.799. The average Bonchev–Trinajstić information content (AvgIpc) is 2.85. The molecule has 0 saturated heterocycles. The molecule has 2 rings (SSSR count). The van der Waals surface area contributed by atoms with E-state index >= 15 is 0 Å². The molecule has 1 aromatic rings. The molecule has 0 unspecified atom stereocenters. The lowest BCUT2D eigenvalue weighted by molar-refractivity contribution is 0.157. The van der Waals surface area contributed by atoms with Gasteiger partial charge in [0.25, 0.3) is 0 Å². The summed E-state index contributed by atoms with van der Waals surface area (Å²) in [7, 11) is 0. The number of anilines is 1. The fraction of sp³-hybridized carbons (Fsp3) is 0.786. The molecule has 0 atom stereocenters. The molecule has 1 heterocycles. The molecule has 1 N–H and O–H groups in total. The van der Waals surface area contributed by atoms with E-state index in [-0.39, 0.29) is 0 Å². The van der Waals surface area contributed by atoms with Gasteiger partial charge in [0.05, 0.1) is 0 Å². The SMILES string of the molecule is CCNc1ncc(CN(CC)C2CCCCC2)s1. The van der Waals surface area contributed by atoms with Gasteiger partial charge in [-0.2, -0.15) is 0 Å². The standard InChI is InChI=1S/C14H25N3S/c1-3-15-14-16-10-13(18-14)11-17(4-2)12-8-6-5-7-9-12/h10,12H,3-9,11H2,1-2H3,(H,15,16). The van der Waals surface area contributed by atoms with Crippen LogP contribution in [0.2, 0.25) is 0 Å². The van der Waals surface area contributed by atoms with Crippen LogP contribution in [-0.2, 0) is 6.54 Å². The van der Waals surface area contributed by atoms with Crippen molar-refractivity contribution in [2.75, 3.05) is 18.4 Å². The third-order valence-corrected chi connectivity index (χ3v) is 4.68. The van der Waals surface area contributed by atoms with Crippen molar-refractivity contribution in [3.8, 4) is 0 Å². The van der Waals surface area contributed by atoms with Gasteiger partial charge in [-0.05, 0) is 26.3 Å². The molecule has 0 spiro atoms. The fourth-order valence-electron chi connectivity index (χ4n) is 2.76. The lowest BCUT2D eigenvalue weighted by Gasteiger charge is -2.33. The number of hydrogen-bond donors (Lipinski definition) is 1. The Labute approximate surface area is 115 Å². The molecule has 102 valence electrons. The van der Waals surface area contributed by atoms with Crippen LogP contribution in [-0.4, -0.2) is 29.0 Å². The lowest BCUT2D eigenvalue weighted by Crippen LogP contribution is -2.35. The van der Waals surface area contributed by atoms with Crippen LogP contribution in [0.3, 0.4) is 0 Å². The van der Waals surface area contributed by atoms with Gasteiger partial charge in [-0.15, -0.1) is 11.3 Å². The van der Waals surface area contributed by atoms with E-state index in [0.29, 0.717) is 0 Å². The Morgan fingerprint density at radius 3 is 2.78 bits per heavy atom. The maximum absolute atomic E-state index is 4.42. The summed E-state index contributed by atoms with van der Waals surface area (Å²) in [5.41, 5.74) is 0. The molecule has 0 radical (unpaired) electrons. The highest BCUT2D eigenvalue weighted by molar-refractivity contribution is 7.15. The molecule has 0 amide bonds. The molecule has 3 nitrogen and oxygen atoms in total. The van der Waals surface area contributed by atoms with Crippen LogP contribution in [0, 0.1) is 0 Å². The first-order valence-corrected chi connectivity index (χ1v) is 8.07. The molecule has 18 heavy (non-hydrogen) atoms. The van der Waals surface area contributed by atoms with Crippen molar-refractivity contribution in [1.82, 2.24) is 9.88 Å². The van der Waals surface area contributed by atoms with Crippen molar-refractivity contribution in [3.63, 3.8) is 0 Å². The molecule has 1 fully saturated rings. The summed E-state index contributed by atoms with van der Waals surface area (Å²) in [6.07, 6.45) is 9.05. The van der Waals surface area contributed by atoms with Gasteiger partial charge in [0.15, 0.2) is 5.13 Å². The van der Waals surface area contributed by atoms with Gasteiger partial charge in [0, 0.05) is 30.2 Å². The topological polar surface area (TPSA) is 28.2 Å². The maximum Gasteiger partial charge on any atom is 0.182 e. The quantitative estimate of drug-likeness (QED) is 0.851. The molecule has 1 aromatic heterocycles. The summed E-state index contributed by atoms with van der Waals surface area (Å²) < 4.78 is 0. The summed E-state index contributed by atoms with van der Waals surface area (Å²) in [6, 6.07) is 0.799. The molecule has 4 heteroatoms. The van der Waals surface area contributed by atoms with Gasteiger partial charge in [0.2, 0.25) is 0 Å². The number of hydrogen-bond acceptors (Lipinski definition) is 4. The van der Waals surface area contributed by atoms with E-state index < -0.39 is 0 Å². The van der Waals surface area contributed by atoms with E-state index in [1.54, 1.807) is 11.3 Å². The first kappa shape index (κ1) is 13.8. The second-order valence-electron chi connectivity index (χ2n) is 5.02. The number of rotatable bonds is 6. The van der Waals surface area contributed by atoms with E-state index in [1.807, 2.05) is 6.20 Å². The van der Waals surface area contributed by atoms with Crippen LogP contribution in [0.1, 0.15) is 50.8 Å². The summed E-state index contributed by atoms with van der Waals surface area (Å²) >= 11 is 1.80. The van der Waals surface area contributed by atoms with Crippen molar-refractivity contribution < 1.29 is 0 Å². The van der Waals surface area contributed by atoms with Crippen molar-refractivity contribution >= 4 is 16.5 Å². The smallest absolute Gasteiger partial charge is 0.182 e. The van der Waals surface area contributed by atoms with Crippen molar-refractivity contribution in [1.29, 1.82) is 0 Å². The maximum atomic E-state index is 4.42. The van der Waals surface area contributed by atoms with Gasteiger partial charge < -0.3 is 5.32 Å². The third-order valence-electron chi connectivity index (χ3n) is 3.74. The first-order valence-electron chi connectivity index (χ1n) is 7.26. The van der Waals surface area contributed by atoms with Crippen LogP contribution in [0.25, 0.3) is 0 Å². The van der Waals surface area contributed by atoms with Crippen LogP contribution < -0.4 is 5.32 Å². The van der Waals surface area contributed by atoms with Crippen LogP contribution in [0.5, 0.6) is 0 Å². The van der Waals surface area contributed by atoms with E-state index in [1.165, 1.54) is 37.0 Å². The van der Waals surface area contributed by atoms with Gasteiger partial charge in [-0.1, -0.05) is 26.2 Å². The van der Waals surface area contributed by atoms with Crippen molar-refractivity contribution in [3.05, 3.63) is 11.1 Å². The zero-order valence-corrected chi connectivity index (χ0v) is 12.4. The number of aromatic nitrogens is 1. The van der Waals surface area contributed by atoms with Crippen molar-refractivity contribution in [2.24, 2.45) is 0 Å². The largest absolute Gasteiger partial charge is 0.362 e. The van der Waals surface area contributed by atoms with Crippen LogP contribution in [0.15, 0.2) is 6.20 Å². The number of nitrogens with one attached hydrogen (secondary N) is 1.